The summed E-state index contributed by atoms with van der Waals surface area (Å²) in [5.74, 6) is 0.918. The number of imidazole rings is 1. The molecule has 0 aliphatic heterocycles. The smallest absolute Gasteiger partial charge is 0.145 e. The van der Waals surface area contributed by atoms with Gasteiger partial charge in [-0.3, -0.25) is 4.57 Å². The van der Waals surface area contributed by atoms with Crippen molar-refractivity contribution in [2.75, 3.05) is 0 Å². The molecule has 0 unspecified atom stereocenters. The third-order valence-electron chi connectivity index (χ3n) is 13.9. The average Bonchev–Trinajstić information content (AvgIpc) is 3.85. The molecule has 0 aliphatic carbocycles. The zero-order valence-corrected chi connectivity index (χ0v) is 39.0. The van der Waals surface area contributed by atoms with Gasteiger partial charge in [0, 0.05) is 11.3 Å². The molecule has 0 bridgehead atoms. The molecule has 0 radical (unpaired) electrons. The highest BCUT2D eigenvalue weighted by atomic mass is 15.1. The number of hydrogen-bond acceptors (Lipinski definition) is 1. The number of rotatable bonds is 9. The largest absolute Gasteiger partial charge is 0.292 e. The minimum Gasteiger partial charge on any atom is -0.292 e. The summed E-state index contributed by atoms with van der Waals surface area (Å²) < 4.78 is 2.27. The first-order valence-electron chi connectivity index (χ1n) is 24.3. The van der Waals surface area contributed by atoms with E-state index < -0.39 is 0 Å². The van der Waals surface area contributed by atoms with Crippen molar-refractivity contribution in [2.45, 2.75) is 0 Å². The molecule has 0 amide bonds. The lowest BCUT2D eigenvalue weighted by Gasteiger charge is -2.21. The number of hydrogen-bond donors (Lipinski definition) is 0. The van der Waals surface area contributed by atoms with Gasteiger partial charge in [-0.05, 0) is 166 Å². The second-order valence-electron chi connectivity index (χ2n) is 18.3. The van der Waals surface area contributed by atoms with Crippen LogP contribution in [0.2, 0.25) is 0 Å². The molecule has 2 heteroatoms. The molecule has 12 aromatic carbocycles. The first-order valence-corrected chi connectivity index (χ1v) is 24.3. The number of benzene rings is 12. The Balaban J connectivity index is 1.07. The van der Waals surface area contributed by atoms with Crippen molar-refractivity contribution >= 4 is 32.6 Å². The lowest BCUT2D eigenvalue weighted by atomic mass is 9.82. The molecular weight excluding hydrogens is 857 g/mol. The first-order chi connectivity index (χ1) is 35.2. The van der Waals surface area contributed by atoms with Gasteiger partial charge in [0.05, 0.1) is 11.0 Å². The normalized spacial score (nSPS) is 11.4. The van der Waals surface area contributed by atoms with E-state index in [9.17, 15) is 0 Å². The number of fused-ring (bicyclic) bond motifs is 3. The Kier molecular flexibility index (Phi) is 10.6. The monoisotopic (exact) mass is 902 g/mol. The average molecular weight is 903 g/mol. The Morgan fingerprint density at radius 2 is 0.577 bits per heavy atom. The van der Waals surface area contributed by atoms with E-state index in [2.05, 4.69) is 284 Å². The summed E-state index contributed by atoms with van der Waals surface area (Å²) in [6.07, 6.45) is 0. The van der Waals surface area contributed by atoms with E-state index in [0.29, 0.717) is 0 Å². The van der Waals surface area contributed by atoms with Gasteiger partial charge in [0.1, 0.15) is 5.82 Å². The molecule has 1 heterocycles. The topological polar surface area (TPSA) is 17.8 Å². The van der Waals surface area contributed by atoms with Crippen molar-refractivity contribution in [3.63, 3.8) is 0 Å². The molecule has 0 fully saturated rings. The van der Waals surface area contributed by atoms with Crippen molar-refractivity contribution in [1.82, 2.24) is 9.55 Å². The van der Waals surface area contributed by atoms with Crippen LogP contribution in [0.25, 0.3) is 128 Å². The van der Waals surface area contributed by atoms with Gasteiger partial charge in [-0.15, -0.1) is 0 Å². The zero-order valence-electron chi connectivity index (χ0n) is 39.0. The quantitative estimate of drug-likeness (QED) is 0.132. The van der Waals surface area contributed by atoms with Crippen molar-refractivity contribution in [1.29, 1.82) is 0 Å². The summed E-state index contributed by atoms with van der Waals surface area (Å²) in [7, 11) is 0. The molecule has 2 nitrogen and oxygen atoms in total. The second kappa shape index (κ2) is 17.9. The van der Waals surface area contributed by atoms with E-state index in [1.165, 1.54) is 88.3 Å². The van der Waals surface area contributed by atoms with Crippen LogP contribution in [0.5, 0.6) is 0 Å². The maximum absolute atomic E-state index is 5.19. The highest BCUT2D eigenvalue weighted by Gasteiger charge is 2.21. The first kappa shape index (κ1) is 41.8. The van der Waals surface area contributed by atoms with Gasteiger partial charge in [0.15, 0.2) is 0 Å². The molecule has 1 aromatic heterocycles. The summed E-state index contributed by atoms with van der Waals surface area (Å²) in [4.78, 5) is 5.19. The SMILES string of the molecule is c1ccc(-c2cc(-c3ccccc3)cc(-c3c4ccccc4c(-c4cc(-c5ccccc5)cc(-c5ccccc5)c4)c4cc(-c5ccc(-c6nc7ccccc7n6-c6ccccc6)cc5)ccc34)c2)cc1. The van der Waals surface area contributed by atoms with Crippen molar-refractivity contribution in [2.24, 2.45) is 0 Å². The van der Waals surface area contributed by atoms with Gasteiger partial charge in [-0.2, -0.15) is 0 Å². The predicted molar refractivity (Wildman–Crippen MR) is 300 cm³/mol. The zero-order chi connectivity index (χ0) is 47.1. The highest BCUT2D eigenvalue weighted by molar-refractivity contribution is 6.22. The summed E-state index contributed by atoms with van der Waals surface area (Å²) in [5.41, 5.74) is 20.7. The number of aromatic nitrogens is 2. The predicted octanol–water partition coefficient (Wildman–Crippen LogP) is 18.7. The fourth-order valence-electron chi connectivity index (χ4n) is 10.6. The Morgan fingerprint density at radius 3 is 1.07 bits per heavy atom. The maximum atomic E-state index is 5.19. The Labute approximate surface area is 414 Å². The molecule has 332 valence electrons. The molecule has 0 saturated heterocycles. The van der Waals surface area contributed by atoms with Gasteiger partial charge in [-0.1, -0.05) is 212 Å². The van der Waals surface area contributed by atoms with Crippen LogP contribution >= 0.6 is 0 Å². The van der Waals surface area contributed by atoms with Crippen molar-refractivity contribution in [3.8, 4) is 95.0 Å². The van der Waals surface area contributed by atoms with Gasteiger partial charge in [-0.25, -0.2) is 4.98 Å². The van der Waals surface area contributed by atoms with Crippen LogP contribution in [-0.2, 0) is 0 Å². The molecule has 0 spiro atoms. The van der Waals surface area contributed by atoms with Gasteiger partial charge >= 0.3 is 0 Å². The second-order valence-corrected chi connectivity index (χ2v) is 18.3. The van der Waals surface area contributed by atoms with Crippen LogP contribution in [0, 0.1) is 0 Å². The minimum atomic E-state index is 0.918. The molecule has 0 N–H and O–H groups in total. The summed E-state index contributed by atoms with van der Waals surface area (Å²) in [6, 6.07) is 101. The fourth-order valence-corrected chi connectivity index (χ4v) is 10.6. The Morgan fingerprint density at radius 1 is 0.225 bits per heavy atom. The number of nitrogens with zero attached hydrogens (tertiary/aromatic N) is 2. The van der Waals surface area contributed by atoms with Crippen LogP contribution < -0.4 is 0 Å². The van der Waals surface area contributed by atoms with Crippen LogP contribution in [0.3, 0.4) is 0 Å². The van der Waals surface area contributed by atoms with Crippen LogP contribution in [0.15, 0.2) is 279 Å². The standard InChI is InChI=1S/C69H46N2/c1-6-20-47(21-7-1)54-40-55(48-22-8-2-9-23-48)43-58(42-54)67-61-30-16-17-31-62(61)68(59-44-56(49-24-10-3-11-25-49)41-57(45-59)50-26-12-4-13-27-50)64-46-53(38-39-63(64)67)51-34-36-52(37-35-51)69-70-65-32-18-19-33-66(65)71(69)60-28-14-5-15-29-60/h1-46H. The van der Waals surface area contributed by atoms with Gasteiger partial charge in [0.25, 0.3) is 0 Å². The molecule has 13 rings (SSSR count). The third kappa shape index (κ3) is 7.78. The van der Waals surface area contributed by atoms with E-state index in [1.54, 1.807) is 0 Å². The number of para-hydroxylation sites is 3. The molecule has 0 saturated carbocycles. The summed E-state index contributed by atoms with van der Waals surface area (Å²) in [6.45, 7) is 0. The molecule has 0 aliphatic rings. The minimum absolute atomic E-state index is 0.918. The lowest BCUT2D eigenvalue weighted by Crippen LogP contribution is -1.97. The third-order valence-corrected chi connectivity index (χ3v) is 13.9. The summed E-state index contributed by atoms with van der Waals surface area (Å²) in [5, 5.41) is 4.81. The van der Waals surface area contributed by atoms with E-state index >= 15 is 0 Å². The van der Waals surface area contributed by atoms with E-state index in [4.69, 9.17) is 4.98 Å². The molecule has 13 aromatic rings. The molecule has 71 heavy (non-hydrogen) atoms. The van der Waals surface area contributed by atoms with E-state index in [1.807, 2.05) is 0 Å². The van der Waals surface area contributed by atoms with Crippen LogP contribution in [-0.4, -0.2) is 9.55 Å². The Bertz CT molecular complexity index is 3930. The van der Waals surface area contributed by atoms with Crippen molar-refractivity contribution in [3.05, 3.63) is 279 Å². The van der Waals surface area contributed by atoms with E-state index in [-0.39, 0.29) is 0 Å². The highest BCUT2D eigenvalue weighted by Crippen LogP contribution is 2.48. The Hall–Kier alpha value is -9.37. The van der Waals surface area contributed by atoms with E-state index in [0.717, 1.165) is 39.2 Å². The maximum Gasteiger partial charge on any atom is 0.145 e. The van der Waals surface area contributed by atoms with Gasteiger partial charge < -0.3 is 0 Å². The lowest BCUT2D eigenvalue weighted by molar-refractivity contribution is 1.10. The fraction of sp³-hybridized carbons (Fsp3) is 0. The molecular formula is C69H46N2. The summed E-state index contributed by atoms with van der Waals surface area (Å²) >= 11 is 0. The van der Waals surface area contributed by atoms with Crippen LogP contribution in [0.4, 0.5) is 0 Å². The van der Waals surface area contributed by atoms with Crippen LogP contribution in [0.1, 0.15) is 0 Å². The van der Waals surface area contributed by atoms with Crippen molar-refractivity contribution < 1.29 is 0 Å². The molecule has 0 atom stereocenters. The van der Waals surface area contributed by atoms with Gasteiger partial charge in [0.2, 0.25) is 0 Å².